The molecule has 22 heavy (non-hydrogen) atoms. The van der Waals surface area contributed by atoms with Gasteiger partial charge in [0.05, 0.1) is 11.4 Å². The molecule has 2 aromatic carbocycles. The van der Waals surface area contributed by atoms with E-state index in [-0.39, 0.29) is 0 Å². The summed E-state index contributed by atoms with van der Waals surface area (Å²) in [5.41, 5.74) is 11.3. The van der Waals surface area contributed by atoms with Gasteiger partial charge in [0.25, 0.3) is 0 Å². The summed E-state index contributed by atoms with van der Waals surface area (Å²) in [5, 5.41) is 0. The fourth-order valence-corrected chi connectivity index (χ4v) is 2.97. The second-order valence-corrected chi connectivity index (χ2v) is 5.36. The summed E-state index contributed by atoms with van der Waals surface area (Å²) < 4.78 is 0. The van der Waals surface area contributed by atoms with Crippen LogP contribution in [0, 0.1) is 0 Å². The van der Waals surface area contributed by atoms with Crippen LogP contribution in [0.1, 0.15) is 5.56 Å². The van der Waals surface area contributed by atoms with Crippen LogP contribution in [0.15, 0.2) is 60.8 Å². The van der Waals surface area contributed by atoms with E-state index in [1.807, 2.05) is 18.3 Å². The highest BCUT2D eigenvalue weighted by Gasteiger charge is 2.21. The lowest BCUT2D eigenvalue weighted by molar-refractivity contribution is 0.917. The maximum absolute atomic E-state index is 5.80. The van der Waals surface area contributed by atoms with Crippen LogP contribution in [0.4, 0.5) is 17.3 Å². The third-order valence-electron chi connectivity index (χ3n) is 4.01. The van der Waals surface area contributed by atoms with Gasteiger partial charge in [-0.3, -0.25) is 0 Å². The summed E-state index contributed by atoms with van der Waals surface area (Å²) in [6.45, 7) is 0.890. The largest absolute Gasteiger partial charge is 0.368 e. The van der Waals surface area contributed by atoms with Gasteiger partial charge < -0.3 is 10.6 Å². The fourth-order valence-electron chi connectivity index (χ4n) is 2.97. The molecule has 0 aliphatic carbocycles. The van der Waals surface area contributed by atoms with Gasteiger partial charge in [-0.05, 0) is 30.2 Å². The van der Waals surface area contributed by atoms with Crippen molar-refractivity contribution in [3.05, 3.63) is 66.4 Å². The molecule has 108 valence electrons. The molecule has 1 aliphatic heterocycles. The van der Waals surface area contributed by atoms with Gasteiger partial charge in [-0.25, -0.2) is 9.97 Å². The number of nitrogens with two attached hydrogens (primary N) is 1. The maximum atomic E-state index is 5.80. The van der Waals surface area contributed by atoms with Crippen molar-refractivity contribution >= 4 is 17.3 Å². The summed E-state index contributed by atoms with van der Waals surface area (Å²) in [7, 11) is 0. The predicted molar refractivity (Wildman–Crippen MR) is 89.0 cm³/mol. The number of benzene rings is 2. The van der Waals surface area contributed by atoms with E-state index >= 15 is 0 Å². The van der Waals surface area contributed by atoms with E-state index in [1.165, 1.54) is 5.69 Å². The SMILES string of the molecule is Nc1ncc2c(n1)-c1ccccc1N(c1ccccc1)CC2. The molecule has 4 heteroatoms. The van der Waals surface area contributed by atoms with E-state index in [4.69, 9.17) is 5.73 Å². The molecule has 0 spiro atoms. The van der Waals surface area contributed by atoms with Gasteiger partial charge in [-0.1, -0.05) is 36.4 Å². The van der Waals surface area contributed by atoms with Crippen LogP contribution in [-0.2, 0) is 6.42 Å². The summed E-state index contributed by atoms with van der Waals surface area (Å²) >= 11 is 0. The van der Waals surface area contributed by atoms with E-state index in [0.29, 0.717) is 5.95 Å². The minimum absolute atomic E-state index is 0.321. The quantitative estimate of drug-likeness (QED) is 0.745. The molecule has 0 fully saturated rings. The van der Waals surface area contributed by atoms with Crippen LogP contribution in [0.5, 0.6) is 0 Å². The van der Waals surface area contributed by atoms with Crippen LogP contribution >= 0.6 is 0 Å². The lowest BCUT2D eigenvalue weighted by Crippen LogP contribution is -2.19. The Morgan fingerprint density at radius 1 is 0.955 bits per heavy atom. The van der Waals surface area contributed by atoms with E-state index < -0.39 is 0 Å². The number of hydrogen-bond donors (Lipinski definition) is 1. The standard InChI is InChI=1S/C18H16N4/c19-18-20-12-13-10-11-22(14-6-2-1-3-7-14)16-9-5-4-8-15(16)17(13)21-18/h1-9,12H,10-11H2,(H2,19,20,21). The highest BCUT2D eigenvalue weighted by molar-refractivity contribution is 5.83. The second-order valence-electron chi connectivity index (χ2n) is 5.36. The number of rotatable bonds is 1. The first-order valence-electron chi connectivity index (χ1n) is 7.36. The molecular formula is C18H16N4. The third kappa shape index (κ3) is 2.09. The van der Waals surface area contributed by atoms with E-state index in [9.17, 15) is 0 Å². The molecule has 1 aromatic heterocycles. The summed E-state index contributed by atoms with van der Waals surface area (Å²) in [6, 6.07) is 18.8. The molecule has 2 heterocycles. The average Bonchev–Trinajstić information content (AvgIpc) is 2.73. The van der Waals surface area contributed by atoms with Crippen molar-refractivity contribution in [1.29, 1.82) is 0 Å². The molecule has 1 aliphatic rings. The van der Waals surface area contributed by atoms with Crippen molar-refractivity contribution in [1.82, 2.24) is 9.97 Å². The van der Waals surface area contributed by atoms with E-state index in [2.05, 4.69) is 57.3 Å². The van der Waals surface area contributed by atoms with Crippen LogP contribution in [0.25, 0.3) is 11.3 Å². The van der Waals surface area contributed by atoms with Gasteiger partial charge in [-0.2, -0.15) is 0 Å². The smallest absolute Gasteiger partial charge is 0.220 e. The molecule has 3 aromatic rings. The highest BCUT2D eigenvalue weighted by Crippen LogP contribution is 2.38. The first-order valence-corrected chi connectivity index (χ1v) is 7.36. The molecule has 0 amide bonds. The van der Waals surface area contributed by atoms with Crippen molar-refractivity contribution in [3.8, 4) is 11.3 Å². The number of nitrogen functional groups attached to an aromatic ring is 1. The molecule has 0 bridgehead atoms. The van der Waals surface area contributed by atoms with Crippen LogP contribution in [-0.4, -0.2) is 16.5 Å². The summed E-state index contributed by atoms with van der Waals surface area (Å²) in [5.74, 6) is 0.321. The molecule has 0 saturated carbocycles. The fraction of sp³-hybridized carbons (Fsp3) is 0.111. The lowest BCUT2D eigenvalue weighted by Gasteiger charge is -2.24. The average molecular weight is 288 g/mol. The number of nitrogens with zero attached hydrogens (tertiary/aromatic N) is 3. The summed E-state index contributed by atoms with van der Waals surface area (Å²) in [4.78, 5) is 11.0. The zero-order chi connectivity index (χ0) is 14.9. The molecular weight excluding hydrogens is 272 g/mol. The first-order chi connectivity index (χ1) is 10.8. The number of para-hydroxylation sites is 2. The minimum atomic E-state index is 0.321. The van der Waals surface area contributed by atoms with Crippen molar-refractivity contribution in [3.63, 3.8) is 0 Å². The first kappa shape index (κ1) is 12.8. The number of aromatic nitrogens is 2. The summed E-state index contributed by atoms with van der Waals surface area (Å²) in [6.07, 6.45) is 2.74. The number of hydrogen-bond acceptors (Lipinski definition) is 4. The Morgan fingerprint density at radius 2 is 1.73 bits per heavy atom. The monoisotopic (exact) mass is 288 g/mol. The Hall–Kier alpha value is -2.88. The molecule has 2 N–H and O–H groups in total. The van der Waals surface area contributed by atoms with Crippen molar-refractivity contribution in [2.45, 2.75) is 6.42 Å². The van der Waals surface area contributed by atoms with Gasteiger partial charge in [-0.15, -0.1) is 0 Å². The van der Waals surface area contributed by atoms with Crippen molar-refractivity contribution in [2.24, 2.45) is 0 Å². The Bertz CT molecular complexity index is 814. The van der Waals surface area contributed by atoms with Crippen molar-refractivity contribution < 1.29 is 0 Å². The van der Waals surface area contributed by atoms with Gasteiger partial charge in [0, 0.05) is 24.0 Å². The Morgan fingerprint density at radius 3 is 2.59 bits per heavy atom. The van der Waals surface area contributed by atoms with Crippen LogP contribution in [0.2, 0.25) is 0 Å². The Kier molecular flexibility index (Phi) is 3.00. The normalized spacial score (nSPS) is 13.2. The Balaban J connectivity index is 1.92. The van der Waals surface area contributed by atoms with Gasteiger partial charge in [0.1, 0.15) is 0 Å². The second kappa shape index (κ2) is 5.15. The minimum Gasteiger partial charge on any atom is -0.368 e. The lowest BCUT2D eigenvalue weighted by atomic mass is 10.1. The zero-order valence-corrected chi connectivity index (χ0v) is 12.1. The molecule has 0 unspecified atom stereocenters. The number of anilines is 3. The molecule has 4 nitrogen and oxygen atoms in total. The van der Waals surface area contributed by atoms with Crippen molar-refractivity contribution in [2.75, 3.05) is 17.2 Å². The predicted octanol–water partition coefficient (Wildman–Crippen LogP) is 3.42. The van der Waals surface area contributed by atoms with Gasteiger partial charge >= 0.3 is 0 Å². The van der Waals surface area contributed by atoms with Crippen LogP contribution in [0.3, 0.4) is 0 Å². The number of fused-ring (bicyclic) bond motifs is 3. The highest BCUT2D eigenvalue weighted by atomic mass is 15.1. The maximum Gasteiger partial charge on any atom is 0.220 e. The van der Waals surface area contributed by atoms with Crippen LogP contribution < -0.4 is 10.6 Å². The molecule has 0 saturated heterocycles. The topological polar surface area (TPSA) is 55.0 Å². The van der Waals surface area contributed by atoms with Gasteiger partial charge in [0.2, 0.25) is 5.95 Å². The van der Waals surface area contributed by atoms with Gasteiger partial charge in [0.15, 0.2) is 0 Å². The third-order valence-corrected chi connectivity index (χ3v) is 4.01. The zero-order valence-electron chi connectivity index (χ0n) is 12.1. The molecule has 0 atom stereocenters. The molecule has 4 rings (SSSR count). The molecule has 0 radical (unpaired) electrons. The Labute approximate surface area is 129 Å². The van der Waals surface area contributed by atoms with E-state index in [0.717, 1.165) is 35.5 Å². The van der Waals surface area contributed by atoms with E-state index in [1.54, 1.807) is 0 Å².